The van der Waals surface area contributed by atoms with Crippen LogP contribution in [-0.4, -0.2) is 47.3 Å². The number of ether oxygens (including phenoxy) is 1. The zero-order chi connectivity index (χ0) is 14.4. The molecule has 2 rings (SSSR count). The van der Waals surface area contributed by atoms with Gasteiger partial charge in [-0.3, -0.25) is 4.90 Å². The Morgan fingerprint density at radius 3 is 2.85 bits per heavy atom. The number of carbonyl (C=O) groups excluding carboxylic acids is 1. The highest BCUT2D eigenvalue weighted by Gasteiger charge is 2.21. The molecule has 2 N–H and O–H groups in total. The number of aromatic amines is 1. The molecule has 1 aromatic rings. The maximum absolute atomic E-state index is 11.4. The van der Waals surface area contributed by atoms with E-state index >= 15 is 0 Å². The molecule has 20 heavy (non-hydrogen) atoms. The number of H-pyrrole nitrogens is 1. The van der Waals surface area contributed by atoms with Crippen molar-refractivity contribution in [3.8, 4) is 0 Å². The number of methoxy groups -OCH3 is 1. The molecule has 0 atom stereocenters. The second kappa shape index (κ2) is 7.45. The lowest BCUT2D eigenvalue weighted by atomic mass is 9.94. The maximum atomic E-state index is 11.4. The second-order valence-corrected chi connectivity index (χ2v) is 5.40. The zero-order valence-corrected chi connectivity index (χ0v) is 12.1. The Hall–Kier alpha value is -1.33. The summed E-state index contributed by atoms with van der Waals surface area (Å²) in [7, 11) is 1.38. The van der Waals surface area contributed by atoms with Crippen LogP contribution in [0.4, 0.5) is 0 Å². The molecule has 0 aliphatic heterocycles. The van der Waals surface area contributed by atoms with Crippen LogP contribution in [0.15, 0.2) is 12.3 Å². The van der Waals surface area contributed by atoms with E-state index in [0.717, 1.165) is 12.1 Å². The number of nitrogens with one attached hydrogen (secondary N) is 1. The third-order valence-corrected chi connectivity index (χ3v) is 4.01. The molecular formula is C15H24N2O3. The van der Waals surface area contributed by atoms with Crippen LogP contribution in [0.3, 0.4) is 0 Å². The van der Waals surface area contributed by atoms with E-state index in [1.807, 2.05) is 12.3 Å². The fraction of sp³-hybridized carbons (Fsp3) is 0.667. The second-order valence-electron chi connectivity index (χ2n) is 5.40. The highest BCUT2D eigenvalue weighted by Crippen LogP contribution is 2.24. The monoisotopic (exact) mass is 280 g/mol. The standard InChI is InChI=1S/C15H24N2O3/c1-20-15(19)14-9-12(10-16-14)11-17(7-8-18)13-5-3-2-4-6-13/h9-10,13,16,18H,2-8,11H2,1H3. The molecule has 1 saturated carbocycles. The fourth-order valence-corrected chi connectivity index (χ4v) is 2.96. The molecule has 1 aromatic heterocycles. The highest BCUT2D eigenvalue weighted by molar-refractivity contribution is 5.87. The van der Waals surface area contributed by atoms with Gasteiger partial charge in [0.15, 0.2) is 0 Å². The summed E-state index contributed by atoms with van der Waals surface area (Å²) >= 11 is 0. The molecular weight excluding hydrogens is 256 g/mol. The van der Waals surface area contributed by atoms with Gasteiger partial charge in [-0.1, -0.05) is 19.3 Å². The number of hydrogen-bond acceptors (Lipinski definition) is 4. The summed E-state index contributed by atoms with van der Waals surface area (Å²) in [6, 6.07) is 2.38. The van der Waals surface area contributed by atoms with Crippen LogP contribution < -0.4 is 0 Å². The third kappa shape index (κ3) is 3.84. The minimum Gasteiger partial charge on any atom is -0.464 e. The highest BCUT2D eigenvalue weighted by atomic mass is 16.5. The number of carbonyl (C=O) groups is 1. The van der Waals surface area contributed by atoms with E-state index < -0.39 is 0 Å². The lowest BCUT2D eigenvalue weighted by Crippen LogP contribution is -2.38. The van der Waals surface area contributed by atoms with Crippen molar-refractivity contribution >= 4 is 5.97 Å². The number of aliphatic hydroxyl groups excluding tert-OH is 1. The Balaban J connectivity index is 1.99. The van der Waals surface area contributed by atoms with Crippen LogP contribution in [0.5, 0.6) is 0 Å². The number of esters is 1. The topological polar surface area (TPSA) is 65.6 Å². The minimum absolute atomic E-state index is 0.171. The van der Waals surface area contributed by atoms with Gasteiger partial charge in [0.1, 0.15) is 5.69 Å². The van der Waals surface area contributed by atoms with E-state index in [9.17, 15) is 9.90 Å². The molecule has 0 unspecified atom stereocenters. The first-order valence-electron chi connectivity index (χ1n) is 7.35. The molecule has 112 valence electrons. The summed E-state index contributed by atoms with van der Waals surface area (Å²) in [4.78, 5) is 16.7. The van der Waals surface area contributed by atoms with Crippen LogP contribution in [0.25, 0.3) is 0 Å². The van der Waals surface area contributed by atoms with Crippen molar-refractivity contribution in [3.05, 3.63) is 23.5 Å². The largest absolute Gasteiger partial charge is 0.464 e. The molecule has 1 heterocycles. The molecule has 1 aliphatic carbocycles. The molecule has 0 bridgehead atoms. The van der Waals surface area contributed by atoms with Gasteiger partial charge < -0.3 is 14.8 Å². The first-order chi connectivity index (χ1) is 9.74. The van der Waals surface area contributed by atoms with Crippen LogP contribution in [0.2, 0.25) is 0 Å². The smallest absolute Gasteiger partial charge is 0.354 e. The normalized spacial score (nSPS) is 16.6. The molecule has 5 heteroatoms. The van der Waals surface area contributed by atoms with Crippen molar-refractivity contribution in [3.63, 3.8) is 0 Å². The molecule has 0 saturated heterocycles. The van der Waals surface area contributed by atoms with Crippen LogP contribution >= 0.6 is 0 Å². The number of hydrogen-bond donors (Lipinski definition) is 2. The minimum atomic E-state index is -0.345. The van der Waals surface area contributed by atoms with Crippen molar-refractivity contribution in [2.24, 2.45) is 0 Å². The Morgan fingerprint density at radius 2 is 2.20 bits per heavy atom. The summed E-state index contributed by atoms with van der Waals surface area (Å²) in [6.45, 7) is 1.62. The maximum Gasteiger partial charge on any atom is 0.354 e. The van der Waals surface area contributed by atoms with Crippen molar-refractivity contribution in [1.29, 1.82) is 0 Å². The zero-order valence-electron chi connectivity index (χ0n) is 12.1. The van der Waals surface area contributed by atoms with Gasteiger partial charge in [-0.15, -0.1) is 0 Å². The molecule has 1 fully saturated rings. The lowest BCUT2D eigenvalue weighted by Gasteiger charge is -2.33. The van der Waals surface area contributed by atoms with E-state index in [-0.39, 0.29) is 12.6 Å². The predicted molar refractivity (Wildman–Crippen MR) is 76.5 cm³/mol. The molecule has 1 aliphatic rings. The van der Waals surface area contributed by atoms with E-state index in [1.165, 1.54) is 39.2 Å². The Bertz CT molecular complexity index is 425. The van der Waals surface area contributed by atoms with E-state index in [1.54, 1.807) is 0 Å². The Labute approximate surface area is 119 Å². The lowest BCUT2D eigenvalue weighted by molar-refractivity contribution is 0.0594. The van der Waals surface area contributed by atoms with Crippen LogP contribution in [0.1, 0.15) is 48.2 Å². The van der Waals surface area contributed by atoms with Crippen molar-refractivity contribution in [2.45, 2.75) is 44.7 Å². The summed E-state index contributed by atoms with van der Waals surface area (Å²) in [6.07, 6.45) is 8.11. The van der Waals surface area contributed by atoms with Crippen LogP contribution in [0, 0.1) is 0 Å². The number of nitrogens with zero attached hydrogens (tertiary/aromatic N) is 1. The van der Waals surface area contributed by atoms with Crippen molar-refractivity contribution in [2.75, 3.05) is 20.3 Å². The first kappa shape index (κ1) is 15.1. The van der Waals surface area contributed by atoms with Crippen molar-refractivity contribution in [1.82, 2.24) is 9.88 Å². The van der Waals surface area contributed by atoms with Crippen molar-refractivity contribution < 1.29 is 14.6 Å². The fourth-order valence-electron chi connectivity index (χ4n) is 2.96. The third-order valence-electron chi connectivity index (χ3n) is 4.01. The molecule has 0 amide bonds. The van der Waals surface area contributed by atoms with Gasteiger partial charge in [-0.25, -0.2) is 4.79 Å². The number of aromatic nitrogens is 1. The molecule has 0 spiro atoms. The predicted octanol–water partition coefficient (Wildman–Crippen LogP) is 1.93. The SMILES string of the molecule is COC(=O)c1cc(CN(CCO)C2CCCCC2)c[nH]1. The Morgan fingerprint density at radius 1 is 1.45 bits per heavy atom. The average molecular weight is 280 g/mol. The summed E-state index contributed by atoms with van der Waals surface area (Å²) in [5.41, 5.74) is 1.54. The van der Waals surface area contributed by atoms with Gasteiger partial charge in [0.2, 0.25) is 0 Å². The van der Waals surface area contributed by atoms with E-state index in [2.05, 4.69) is 9.88 Å². The van der Waals surface area contributed by atoms with Gasteiger partial charge in [-0.2, -0.15) is 0 Å². The van der Waals surface area contributed by atoms with Gasteiger partial charge >= 0.3 is 5.97 Å². The van der Waals surface area contributed by atoms with Gasteiger partial charge in [0, 0.05) is 25.3 Å². The summed E-state index contributed by atoms with van der Waals surface area (Å²) < 4.78 is 4.69. The number of aliphatic hydroxyl groups is 1. The van der Waals surface area contributed by atoms with Gasteiger partial charge in [0.05, 0.1) is 13.7 Å². The van der Waals surface area contributed by atoms with Gasteiger partial charge in [0.25, 0.3) is 0 Å². The summed E-state index contributed by atoms with van der Waals surface area (Å²) in [5.74, 6) is -0.345. The van der Waals surface area contributed by atoms with Crippen LogP contribution in [-0.2, 0) is 11.3 Å². The van der Waals surface area contributed by atoms with E-state index in [4.69, 9.17) is 4.74 Å². The molecule has 0 aromatic carbocycles. The van der Waals surface area contributed by atoms with Gasteiger partial charge in [-0.05, 0) is 24.5 Å². The first-order valence-corrected chi connectivity index (χ1v) is 7.35. The summed E-state index contributed by atoms with van der Waals surface area (Å²) in [5, 5.41) is 9.25. The average Bonchev–Trinajstić information content (AvgIpc) is 2.95. The molecule has 5 nitrogen and oxygen atoms in total. The Kier molecular flexibility index (Phi) is 5.61. The number of rotatable bonds is 6. The molecule has 0 radical (unpaired) electrons. The quantitative estimate of drug-likeness (QED) is 0.781. The van der Waals surface area contributed by atoms with E-state index in [0.29, 0.717) is 18.3 Å².